The predicted molar refractivity (Wildman–Crippen MR) is 78.8 cm³/mol. The van der Waals surface area contributed by atoms with Gasteiger partial charge >= 0.3 is 0 Å². The van der Waals surface area contributed by atoms with Crippen LogP contribution >= 0.6 is 0 Å². The van der Waals surface area contributed by atoms with E-state index in [1.54, 1.807) is 0 Å². The summed E-state index contributed by atoms with van der Waals surface area (Å²) in [6.45, 7) is 3.91. The summed E-state index contributed by atoms with van der Waals surface area (Å²) in [4.78, 5) is 0. The standard InChI is InChI=1S/C16H34O2/c1-3-16(18)14-12-10-8-6-4-5-7-9-11-13-15(2)17/h15-18H,3-14H2,1-2H3. The second-order valence-corrected chi connectivity index (χ2v) is 5.67. The first-order chi connectivity index (χ1) is 8.66. The van der Waals surface area contributed by atoms with Crippen LogP contribution in [0.1, 0.15) is 90.9 Å². The van der Waals surface area contributed by atoms with E-state index in [-0.39, 0.29) is 12.2 Å². The Labute approximate surface area is 114 Å². The molecule has 0 aromatic rings. The SMILES string of the molecule is CCC(O)CCCCCCCCCCCC(C)O. The lowest BCUT2D eigenvalue weighted by molar-refractivity contribution is 0.156. The van der Waals surface area contributed by atoms with Gasteiger partial charge in [-0.05, 0) is 26.2 Å². The zero-order valence-corrected chi connectivity index (χ0v) is 12.5. The number of unbranched alkanes of at least 4 members (excludes halogenated alkanes) is 8. The molecule has 0 radical (unpaired) electrons. The molecule has 0 aromatic heterocycles. The number of aliphatic hydroxyl groups is 2. The van der Waals surface area contributed by atoms with E-state index in [1.807, 2.05) is 13.8 Å². The fourth-order valence-electron chi connectivity index (χ4n) is 2.26. The van der Waals surface area contributed by atoms with E-state index in [0.717, 1.165) is 19.3 Å². The third kappa shape index (κ3) is 14.0. The third-order valence-corrected chi connectivity index (χ3v) is 3.63. The second-order valence-electron chi connectivity index (χ2n) is 5.67. The van der Waals surface area contributed by atoms with Crippen LogP contribution < -0.4 is 0 Å². The van der Waals surface area contributed by atoms with Crippen molar-refractivity contribution in [3.8, 4) is 0 Å². The lowest BCUT2D eigenvalue weighted by atomic mass is 10.0. The average molecular weight is 258 g/mol. The van der Waals surface area contributed by atoms with Crippen LogP contribution in [0.3, 0.4) is 0 Å². The lowest BCUT2D eigenvalue weighted by Crippen LogP contribution is -2.03. The maximum Gasteiger partial charge on any atom is 0.0537 e. The van der Waals surface area contributed by atoms with Crippen molar-refractivity contribution in [3.63, 3.8) is 0 Å². The maximum absolute atomic E-state index is 9.40. The highest BCUT2D eigenvalue weighted by Crippen LogP contribution is 2.13. The molecule has 0 fully saturated rings. The molecule has 0 aliphatic rings. The second kappa shape index (κ2) is 13.4. The smallest absolute Gasteiger partial charge is 0.0537 e. The zero-order valence-electron chi connectivity index (χ0n) is 12.5. The monoisotopic (exact) mass is 258 g/mol. The van der Waals surface area contributed by atoms with Crippen molar-refractivity contribution in [2.45, 2.75) is 103 Å². The van der Waals surface area contributed by atoms with Gasteiger partial charge in [0.2, 0.25) is 0 Å². The molecule has 0 aromatic carbocycles. The molecular formula is C16H34O2. The van der Waals surface area contributed by atoms with Crippen molar-refractivity contribution in [2.24, 2.45) is 0 Å². The van der Waals surface area contributed by atoms with Gasteiger partial charge in [0, 0.05) is 0 Å². The minimum Gasteiger partial charge on any atom is -0.393 e. The van der Waals surface area contributed by atoms with E-state index in [1.165, 1.54) is 57.8 Å². The summed E-state index contributed by atoms with van der Waals surface area (Å²) in [5, 5.41) is 18.5. The van der Waals surface area contributed by atoms with Gasteiger partial charge in [0.1, 0.15) is 0 Å². The van der Waals surface area contributed by atoms with Gasteiger partial charge in [0.05, 0.1) is 12.2 Å². The number of aliphatic hydroxyl groups excluding tert-OH is 2. The van der Waals surface area contributed by atoms with Gasteiger partial charge in [-0.2, -0.15) is 0 Å². The van der Waals surface area contributed by atoms with Crippen molar-refractivity contribution < 1.29 is 10.2 Å². The minimum absolute atomic E-state index is 0.0704. The summed E-state index contributed by atoms with van der Waals surface area (Å²) in [6, 6.07) is 0. The van der Waals surface area contributed by atoms with Gasteiger partial charge in [0.25, 0.3) is 0 Å². The van der Waals surface area contributed by atoms with Crippen LogP contribution in [-0.4, -0.2) is 22.4 Å². The first-order valence-electron chi connectivity index (χ1n) is 8.03. The largest absolute Gasteiger partial charge is 0.393 e. The van der Waals surface area contributed by atoms with Gasteiger partial charge in [-0.1, -0.05) is 64.7 Å². The van der Waals surface area contributed by atoms with Crippen LogP contribution in [0.5, 0.6) is 0 Å². The number of hydrogen-bond donors (Lipinski definition) is 2. The van der Waals surface area contributed by atoms with Crippen LogP contribution in [0.4, 0.5) is 0 Å². The van der Waals surface area contributed by atoms with Crippen molar-refractivity contribution in [2.75, 3.05) is 0 Å². The van der Waals surface area contributed by atoms with Crippen LogP contribution in [0, 0.1) is 0 Å². The van der Waals surface area contributed by atoms with Gasteiger partial charge in [-0.25, -0.2) is 0 Å². The molecule has 0 bridgehead atoms. The topological polar surface area (TPSA) is 40.5 Å². The zero-order chi connectivity index (χ0) is 13.6. The normalized spacial score (nSPS) is 14.7. The Hall–Kier alpha value is -0.0800. The van der Waals surface area contributed by atoms with Gasteiger partial charge in [-0.15, -0.1) is 0 Å². The van der Waals surface area contributed by atoms with Gasteiger partial charge in [0.15, 0.2) is 0 Å². The molecule has 18 heavy (non-hydrogen) atoms. The Bertz CT molecular complexity index is 157. The van der Waals surface area contributed by atoms with Crippen molar-refractivity contribution in [1.82, 2.24) is 0 Å². The summed E-state index contributed by atoms with van der Waals surface area (Å²) in [7, 11) is 0. The molecule has 2 unspecified atom stereocenters. The Morgan fingerprint density at radius 3 is 1.44 bits per heavy atom. The van der Waals surface area contributed by atoms with Gasteiger partial charge in [-0.3, -0.25) is 0 Å². The molecule has 0 amide bonds. The van der Waals surface area contributed by atoms with Gasteiger partial charge < -0.3 is 10.2 Å². The van der Waals surface area contributed by atoms with Crippen LogP contribution in [-0.2, 0) is 0 Å². The first-order valence-corrected chi connectivity index (χ1v) is 8.03. The summed E-state index contributed by atoms with van der Waals surface area (Å²) in [6.07, 6.45) is 14.2. The molecular weight excluding hydrogens is 224 g/mol. The van der Waals surface area contributed by atoms with Crippen molar-refractivity contribution >= 4 is 0 Å². The molecule has 0 rings (SSSR count). The molecule has 2 N–H and O–H groups in total. The molecule has 0 saturated carbocycles. The highest BCUT2D eigenvalue weighted by Gasteiger charge is 1.99. The average Bonchev–Trinajstić information content (AvgIpc) is 2.35. The maximum atomic E-state index is 9.40. The van der Waals surface area contributed by atoms with Crippen LogP contribution in [0.15, 0.2) is 0 Å². The molecule has 0 aliphatic heterocycles. The van der Waals surface area contributed by atoms with E-state index < -0.39 is 0 Å². The third-order valence-electron chi connectivity index (χ3n) is 3.63. The summed E-state index contributed by atoms with van der Waals surface area (Å²) < 4.78 is 0. The summed E-state index contributed by atoms with van der Waals surface area (Å²) in [5.74, 6) is 0. The summed E-state index contributed by atoms with van der Waals surface area (Å²) >= 11 is 0. The van der Waals surface area contributed by atoms with E-state index in [2.05, 4.69) is 0 Å². The Kier molecular flexibility index (Phi) is 13.3. The molecule has 2 heteroatoms. The lowest BCUT2D eigenvalue weighted by Gasteiger charge is -2.07. The Morgan fingerprint density at radius 1 is 0.667 bits per heavy atom. The van der Waals surface area contributed by atoms with Crippen molar-refractivity contribution in [1.29, 1.82) is 0 Å². The predicted octanol–water partition coefficient (Wildman–Crippen LogP) is 4.43. The molecule has 110 valence electrons. The Morgan fingerprint density at radius 2 is 1.06 bits per heavy atom. The fourth-order valence-corrected chi connectivity index (χ4v) is 2.26. The van der Waals surface area contributed by atoms with E-state index in [0.29, 0.717) is 0 Å². The molecule has 0 aliphatic carbocycles. The Balaban J connectivity index is 2.99. The van der Waals surface area contributed by atoms with Crippen molar-refractivity contribution in [3.05, 3.63) is 0 Å². The van der Waals surface area contributed by atoms with E-state index in [9.17, 15) is 5.11 Å². The molecule has 2 atom stereocenters. The van der Waals surface area contributed by atoms with Crippen LogP contribution in [0.25, 0.3) is 0 Å². The number of rotatable bonds is 13. The molecule has 2 nitrogen and oxygen atoms in total. The van der Waals surface area contributed by atoms with E-state index in [4.69, 9.17) is 5.11 Å². The highest BCUT2D eigenvalue weighted by molar-refractivity contribution is 4.54. The molecule has 0 heterocycles. The quantitative estimate of drug-likeness (QED) is 0.480. The fraction of sp³-hybridized carbons (Fsp3) is 1.00. The van der Waals surface area contributed by atoms with Crippen LogP contribution in [0.2, 0.25) is 0 Å². The molecule has 0 spiro atoms. The van der Waals surface area contributed by atoms with E-state index >= 15 is 0 Å². The highest BCUT2D eigenvalue weighted by atomic mass is 16.3. The minimum atomic E-state index is -0.122. The molecule has 0 saturated heterocycles. The number of hydrogen-bond acceptors (Lipinski definition) is 2. The summed E-state index contributed by atoms with van der Waals surface area (Å²) in [5.41, 5.74) is 0. The first kappa shape index (κ1) is 17.9.